The van der Waals surface area contributed by atoms with Gasteiger partial charge in [0.1, 0.15) is 5.82 Å². The summed E-state index contributed by atoms with van der Waals surface area (Å²) in [6.45, 7) is 3.28. The topological polar surface area (TPSA) is 8.17 Å². The summed E-state index contributed by atoms with van der Waals surface area (Å²) in [6, 6.07) is 7.44. The third kappa shape index (κ3) is 2.52. The summed E-state index contributed by atoms with van der Waals surface area (Å²) in [4.78, 5) is 2.50. The number of benzene rings is 1. The third-order valence-corrected chi connectivity index (χ3v) is 4.19. The summed E-state index contributed by atoms with van der Waals surface area (Å²) in [6.07, 6.45) is 5.27. The van der Waals surface area contributed by atoms with Gasteiger partial charge in [-0.25, -0.2) is 4.39 Å². The number of aryl methyl sites for hydroxylation is 1. The highest BCUT2D eigenvalue weighted by atomic mass is 19.1. The van der Waals surface area contributed by atoms with Crippen molar-refractivity contribution >= 4 is 10.9 Å². The molecule has 19 heavy (non-hydrogen) atoms. The van der Waals surface area contributed by atoms with Gasteiger partial charge in [-0.15, -0.1) is 0 Å². The van der Waals surface area contributed by atoms with E-state index in [0.29, 0.717) is 0 Å². The number of hydrogen-bond donors (Lipinski definition) is 0. The third-order valence-electron chi connectivity index (χ3n) is 4.19. The lowest BCUT2D eigenvalue weighted by Gasteiger charge is -2.20. The van der Waals surface area contributed by atoms with Gasteiger partial charge in [0.05, 0.1) is 5.52 Å². The number of para-hydroxylation sites is 1. The molecular formula is C16H21FN2. The monoisotopic (exact) mass is 260 g/mol. The Balaban J connectivity index is 1.88. The molecule has 0 saturated carbocycles. The lowest BCUT2D eigenvalue weighted by atomic mass is 10.2. The molecule has 2 nitrogen and oxygen atoms in total. The van der Waals surface area contributed by atoms with E-state index in [0.717, 1.165) is 17.4 Å². The molecule has 0 spiro atoms. The molecule has 0 radical (unpaired) electrons. The van der Waals surface area contributed by atoms with Gasteiger partial charge in [-0.1, -0.05) is 25.0 Å². The SMILES string of the molecule is Cn1c(CN2CCCCCC2)cc2cccc(F)c21. The molecule has 0 bridgehead atoms. The minimum atomic E-state index is -0.123. The van der Waals surface area contributed by atoms with Gasteiger partial charge in [-0.2, -0.15) is 0 Å². The van der Waals surface area contributed by atoms with Crippen molar-refractivity contribution in [3.8, 4) is 0 Å². The van der Waals surface area contributed by atoms with Crippen molar-refractivity contribution in [3.63, 3.8) is 0 Å². The van der Waals surface area contributed by atoms with Crippen LogP contribution in [0.4, 0.5) is 4.39 Å². The molecule has 3 heteroatoms. The van der Waals surface area contributed by atoms with Crippen LogP contribution >= 0.6 is 0 Å². The molecule has 0 amide bonds. The highest BCUT2D eigenvalue weighted by Gasteiger charge is 2.14. The van der Waals surface area contributed by atoms with Gasteiger partial charge in [-0.05, 0) is 38.1 Å². The predicted octanol–water partition coefficient (Wildman–Crippen LogP) is 3.69. The summed E-state index contributed by atoms with van der Waals surface area (Å²) in [5.74, 6) is -0.123. The zero-order chi connectivity index (χ0) is 13.2. The van der Waals surface area contributed by atoms with E-state index in [1.54, 1.807) is 6.07 Å². The number of nitrogens with zero attached hydrogens (tertiary/aromatic N) is 2. The zero-order valence-electron chi connectivity index (χ0n) is 11.5. The largest absolute Gasteiger partial charge is 0.344 e. The Bertz CT molecular complexity index is 565. The minimum absolute atomic E-state index is 0.123. The van der Waals surface area contributed by atoms with Gasteiger partial charge in [-0.3, -0.25) is 4.90 Å². The minimum Gasteiger partial charge on any atom is -0.344 e. The zero-order valence-corrected chi connectivity index (χ0v) is 11.5. The van der Waals surface area contributed by atoms with E-state index >= 15 is 0 Å². The summed E-state index contributed by atoms with van der Waals surface area (Å²) in [5.41, 5.74) is 1.94. The standard InChI is InChI=1S/C16H21FN2/c1-18-14(12-19-9-4-2-3-5-10-19)11-13-7-6-8-15(17)16(13)18/h6-8,11H,2-5,9-10,12H2,1H3. The van der Waals surface area contributed by atoms with Gasteiger partial charge in [0.2, 0.25) is 0 Å². The molecule has 0 atom stereocenters. The molecular weight excluding hydrogens is 239 g/mol. The van der Waals surface area contributed by atoms with Crippen molar-refractivity contribution in [2.24, 2.45) is 7.05 Å². The number of halogens is 1. The van der Waals surface area contributed by atoms with Crippen LogP contribution in [0.25, 0.3) is 10.9 Å². The summed E-state index contributed by atoms with van der Waals surface area (Å²) in [7, 11) is 1.97. The average Bonchev–Trinajstić information content (AvgIpc) is 2.59. The second-order valence-electron chi connectivity index (χ2n) is 5.56. The Morgan fingerprint density at radius 2 is 1.84 bits per heavy atom. The molecule has 1 fully saturated rings. The fourth-order valence-electron chi connectivity index (χ4n) is 3.10. The molecule has 1 aromatic heterocycles. The molecule has 2 heterocycles. The Hall–Kier alpha value is -1.35. The van der Waals surface area contributed by atoms with Gasteiger partial charge in [0, 0.05) is 24.7 Å². The van der Waals surface area contributed by atoms with Crippen molar-refractivity contribution in [2.75, 3.05) is 13.1 Å². The fourth-order valence-corrected chi connectivity index (χ4v) is 3.10. The Morgan fingerprint density at radius 3 is 2.53 bits per heavy atom. The Morgan fingerprint density at radius 1 is 1.11 bits per heavy atom. The van der Waals surface area contributed by atoms with Crippen LogP contribution < -0.4 is 0 Å². The van der Waals surface area contributed by atoms with E-state index in [1.807, 2.05) is 17.7 Å². The number of hydrogen-bond acceptors (Lipinski definition) is 1. The quantitative estimate of drug-likeness (QED) is 0.799. The lowest BCUT2D eigenvalue weighted by molar-refractivity contribution is 0.271. The van der Waals surface area contributed by atoms with Gasteiger partial charge >= 0.3 is 0 Å². The van der Waals surface area contributed by atoms with Crippen LogP contribution in [0.5, 0.6) is 0 Å². The van der Waals surface area contributed by atoms with Crippen LogP contribution in [0.15, 0.2) is 24.3 Å². The second kappa shape index (κ2) is 5.33. The van der Waals surface area contributed by atoms with E-state index in [1.165, 1.54) is 50.5 Å². The first-order valence-corrected chi connectivity index (χ1v) is 7.21. The molecule has 102 valence electrons. The first-order valence-electron chi connectivity index (χ1n) is 7.21. The predicted molar refractivity (Wildman–Crippen MR) is 76.6 cm³/mol. The highest BCUT2D eigenvalue weighted by molar-refractivity contribution is 5.81. The van der Waals surface area contributed by atoms with Crippen LogP contribution in [0.1, 0.15) is 31.4 Å². The Labute approximate surface area is 113 Å². The van der Waals surface area contributed by atoms with Gasteiger partial charge in [0.15, 0.2) is 0 Å². The first-order chi connectivity index (χ1) is 9.25. The summed E-state index contributed by atoms with van der Waals surface area (Å²) >= 11 is 0. The molecule has 0 aliphatic carbocycles. The number of likely N-dealkylation sites (tertiary alicyclic amines) is 1. The van der Waals surface area contributed by atoms with Crippen LogP contribution in [0, 0.1) is 5.82 Å². The molecule has 1 aliphatic rings. The molecule has 1 aliphatic heterocycles. The van der Waals surface area contributed by atoms with E-state index in [4.69, 9.17) is 0 Å². The van der Waals surface area contributed by atoms with Crippen LogP contribution in [0.3, 0.4) is 0 Å². The van der Waals surface area contributed by atoms with Gasteiger partial charge < -0.3 is 4.57 Å². The van der Waals surface area contributed by atoms with E-state index in [-0.39, 0.29) is 5.82 Å². The maximum atomic E-state index is 13.9. The van der Waals surface area contributed by atoms with Crippen molar-refractivity contribution < 1.29 is 4.39 Å². The van der Waals surface area contributed by atoms with Crippen LogP contribution in [-0.4, -0.2) is 22.6 Å². The molecule has 0 unspecified atom stereocenters. The highest BCUT2D eigenvalue weighted by Crippen LogP contribution is 2.23. The van der Waals surface area contributed by atoms with Crippen molar-refractivity contribution in [1.82, 2.24) is 9.47 Å². The van der Waals surface area contributed by atoms with E-state index in [2.05, 4.69) is 11.0 Å². The summed E-state index contributed by atoms with van der Waals surface area (Å²) in [5, 5.41) is 1.01. The number of rotatable bonds is 2. The molecule has 3 rings (SSSR count). The summed E-state index contributed by atoms with van der Waals surface area (Å²) < 4.78 is 15.9. The van der Waals surface area contributed by atoms with Crippen LogP contribution in [0.2, 0.25) is 0 Å². The molecule has 2 aromatic rings. The van der Waals surface area contributed by atoms with Crippen molar-refractivity contribution in [2.45, 2.75) is 32.2 Å². The second-order valence-corrected chi connectivity index (χ2v) is 5.56. The maximum Gasteiger partial charge on any atom is 0.147 e. The van der Waals surface area contributed by atoms with E-state index < -0.39 is 0 Å². The molecule has 1 saturated heterocycles. The average molecular weight is 260 g/mol. The van der Waals surface area contributed by atoms with Crippen LogP contribution in [-0.2, 0) is 13.6 Å². The maximum absolute atomic E-state index is 13.9. The van der Waals surface area contributed by atoms with Gasteiger partial charge in [0.25, 0.3) is 0 Å². The normalized spacial score (nSPS) is 17.8. The molecule has 1 aromatic carbocycles. The van der Waals surface area contributed by atoms with Crippen molar-refractivity contribution in [1.29, 1.82) is 0 Å². The molecule has 0 N–H and O–H groups in total. The van der Waals surface area contributed by atoms with Crippen molar-refractivity contribution in [3.05, 3.63) is 35.8 Å². The first kappa shape index (κ1) is 12.7. The smallest absolute Gasteiger partial charge is 0.147 e. The number of fused-ring (bicyclic) bond motifs is 1. The Kier molecular flexibility index (Phi) is 3.56. The number of aromatic nitrogens is 1. The lowest BCUT2D eigenvalue weighted by Crippen LogP contribution is -2.25. The fraction of sp³-hybridized carbons (Fsp3) is 0.500. The van der Waals surface area contributed by atoms with E-state index in [9.17, 15) is 4.39 Å².